The van der Waals surface area contributed by atoms with Crippen molar-refractivity contribution in [2.75, 3.05) is 14.1 Å². The quantitative estimate of drug-likeness (QED) is 0.622. The van der Waals surface area contributed by atoms with Crippen molar-refractivity contribution in [1.82, 2.24) is 4.31 Å². The lowest BCUT2D eigenvalue weighted by atomic mass is 10.2. The Balaban J connectivity index is 1.97. The molecule has 2 aromatic carbocycles. The van der Waals surface area contributed by atoms with Gasteiger partial charge in [0.25, 0.3) is 0 Å². The first kappa shape index (κ1) is 17.1. The average molecular weight is 356 g/mol. The van der Waals surface area contributed by atoms with Crippen molar-refractivity contribution in [3.63, 3.8) is 0 Å². The maximum atomic E-state index is 12.2. The number of cyclic esters (lactones) is 1. The number of nitrogens with zero attached hydrogens (tertiary/aromatic N) is 2. The maximum absolute atomic E-state index is 12.2. The van der Waals surface area contributed by atoms with E-state index in [1.807, 2.05) is 30.3 Å². The van der Waals surface area contributed by atoms with Gasteiger partial charge in [0, 0.05) is 19.7 Å². The van der Waals surface area contributed by atoms with Gasteiger partial charge in [-0.05, 0) is 29.8 Å². The van der Waals surface area contributed by atoms with E-state index in [1.54, 1.807) is 18.2 Å². The van der Waals surface area contributed by atoms with Crippen LogP contribution in [0.15, 0.2) is 70.2 Å². The summed E-state index contributed by atoms with van der Waals surface area (Å²) >= 11 is 0. The number of esters is 1. The largest absolute Gasteiger partial charge is 0.402 e. The van der Waals surface area contributed by atoms with Gasteiger partial charge < -0.3 is 4.74 Å². The van der Waals surface area contributed by atoms with Crippen molar-refractivity contribution in [2.24, 2.45) is 4.99 Å². The Morgan fingerprint density at radius 1 is 1.04 bits per heavy atom. The van der Waals surface area contributed by atoms with Gasteiger partial charge in [0.15, 0.2) is 5.70 Å². The van der Waals surface area contributed by atoms with E-state index >= 15 is 0 Å². The lowest BCUT2D eigenvalue weighted by Gasteiger charge is -2.11. The Morgan fingerprint density at radius 2 is 1.76 bits per heavy atom. The molecule has 2 aromatic rings. The van der Waals surface area contributed by atoms with Crippen molar-refractivity contribution >= 4 is 28.0 Å². The number of hydrogen-bond donors (Lipinski definition) is 0. The van der Waals surface area contributed by atoms with Crippen molar-refractivity contribution < 1.29 is 17.9 Å². The predicted molar refractivity (Wildman–Crippen MR) is 94.4 cm³/mol. The van der Waals surface area contributed by atoms with Crippen LogP contribution >= 0.6 is 0 Å². The maximum Gasteiger partial charge on any atom is 0.363 e. The van der Waals surface area contributed by atoms with Crippen LogP contribution in [0.3, 0.4) is 0 Å². The molecule has 0 atom stereocenters. The Kier molecular flexibility index (Phi) is 4.52. The van der Waals surface area contributed by atoms with Crippen molar-refractivity contribution in [2.45, 2.75) is 4.90 Å². The number of carbonyl (C=O) groups is 1. The topological polar surface area (TPSA) is 76.0 Å². The number of hydrogen-bond acceptors (Lipinski definition) is 5. The standard InChI is InChI=1S/C18H16N2O4S/c1-20(2)25(22,23)15-10-6-9-14(12-15)17-19-16(18(21)24-17)11-13-7-4-3-5-8-13/h3-12H,1-2H3/b16-11-. The summed E-state index contributed by atoms with van der Waals surface area (Å²) < 4.78 is 30.8. The molecule has 0 aromatic heterocycles. The number of carbonyl (C=O) groups excluding carboxylic acids is 1. The molecule has 7 heteroatoms. The van der Waals surface area contributed by atoms with Crippen molar-refractivity contribution in [3.05, 3.63) is 71.4 Å². The van der Waals surface area contributed by atoms with Gasteiger partial charge in [-0.25, -0.2) is 22.5 Å². The molecule has 0 N–H and O–H groups in total. The lowest BCUT2D eigenvalue weighted by Crippen LogP contribution is -2.22. The highest BCUT2D eigenvalue weighted by Gasteiger charge is 2.25. The molecule has 0 bridgehead atoms. The van der Waals surface area contributed by atoms with Gasteiger partial charge in [0.2, 0.25) is 15.9 Å². The molecular formula is C18H16N2O4S. The highest BCUT2D eigenvalue weighted by atomic mass is 32.2. The zero-order valence-corrected chi connectivity index (χ0v) is 14.5. The number of ether oxygens (including phenoxy) is 1. The highest BCUT2D eigenvalue weighted by Crippen LogP contribution is 2.21. The van der Waals surface area contributed by atoms with Gasteiger partial charge in [-0.3, -0.25) is 0 Å². The summed E-state index contributed by atoms with van der Waals surface area (Å²) in [5, 5.41) is 0. The van der Waals surface area contributed by atoms with Crippen molar-refractivity contribution in [1.29, 1.82) is 0 Å². The SMILES string of the molecule is CN(C)S(=O)(=O)c1cccc(C2=N/C(=C\c3ccccc3)C(=O)O2)c1. The van der Waals surface area contributed by atoms with Crippen LogP contribution in [0.5, 0.6) is 0 Å². The summed E-state index contributed by atoms with van der Waals surface area (Å²) in [5.41, 5.74) is 1.41. The fourth-order valence-corrected chi connectivity index (χ4v) is 3.19. The molecule has 1 aliphatic rings. The van der Waals surface area contributed by atoms with E-state index in [0.717, 1.165) is 9.87 Å². The number of rotatable bonds is 4. The molecule has 0 spiro atoms. The van der Waals surface area contributed by atoms with Crippen molar-refractivity contribution in [3.8, 4) is 0 Å². The Bertz CT molecular complexity index is 977. The molecule has 25 heavy (non-hydrogen) atoms. The lowest BCUT2D eigenvalue weighted by molar-refractivity contribution is -0.129. The van der Waals surface area contributed by atoms with Gasteiger partial charge in [-0.1, -0.05) is 36.4 Å². The Labute approximate surface area is 146 Å². The minimum atomic E-state index is -3.58. The van der Waals surface area contributed by atoms with Crippen LogP contribution in [0.4, 0.5) is 0 Å². The van der Waals surface area contributed by atoms with Crippen LogP contribution in [0.25, 0.3) is 6.08 Å². The molecule has 0 unspecified atom stereocenters. The summed E-state index contributed by atoms with van der Waals surface area (Å²) in [5.74, 6) is -0.484. The van der Waals surface area contributed by atoms with E-state index in [-0.39, 0.29) is 16.5 Å². The van der Waals surface area contributed by atoms with Gasteiger partial charge >= 0.3 is 5.97 Å². The molecule has 1 aliphatic heterocycles. The Morgan fingerprint density at radius 3 is 2.44 bits per heavy atom. The number of aliphatic imine (C=N–C) groups is 1. The highest BCUT2D eigenvalue weighted by molar-refractivity contribution is 7.89. The molecule has 128 valence electrons. The van der Waals surface area contributed by atoms with Gasteiger partial charge in [0.05, 0.1) is 4.90 Å². The molecule has 0 saturated carbocycles. The molecule has 1 heterocycles. The fourth-order valence-electron chi connectivity index (χ4n) is 2.24. The summed E-state index contributed by atoms with van der Waals surface area (Å²) in [4.78, 5) is 16.3. The second-order valence-corrected chi connectivity index (χ2v) is 7.71. The fraction of sp³-hybridized carbons (Fsp3) is 0.111. The summed E-state index contributed by atoms with van der Waals surface area (Å²) in [7, 11) is -0.673. The van der Waals surface area contributed by atoms with E-state index in [9.17, 15) is 13.2 Å². The first-order valence-electron chi connectivity index (χ1n) is 7.48. The predicted octanol–water partition coefficient (Wildman–Crippen LogP) is 2.28. The third kappa shape index (κ3) is 3.52. The zero-order valence-electron chi connectivity index (χ0n) is 13.7. The van der Waals surface area contributed by atoms with E-state index in [4.69, 9.17) is 4.74 Å². The van der Waals surface area contributed by atoms with Crippen LogP contribution in [-0.4, -0.2) is 38.7 Å². The monoisotopic (exact) mass is 356 g/mol. The average Bonchev–Trinajstić information content (AvgIpc) is 2.96. The molecule has 6 nitrogen and oxygen atoms in total. The van der Waals surface area contributed by atoms with Gasteiger partial charge in [-0.15, -0.1) is 0 Å². The first-order valence-corrected chi connectivity index (χ1v) is 8.92. The zero-order chi connectivity index (χ0) is 18.0. The minimum Gasteiger partial charge on any atom is -0.402 e. The first-order chi connectivity index (χ1) is 11.9. The molecule has 0 radical (unpaired) electrons. The minimum absolute atomic E-state index is 0.0861. The van der Waals surface area contributed by atoms with Crippen LogP contribution in [0.2, 0.25) is 0 Å². The van der Waals surface area contributed by atoms with E-state index in [0.29, 0.717) is 5.56 Å². The number of benzene rings is 2. The second kappa shape index (κ2) is 6.62. The van der Waals surface area contributed by atoms with Gasteiger partial charge in [0.1, 0.15) is 0 Å². The summed E-state index contributed by atoms with van der Waals surface area (Å²) in [6.45, 7) is 0. The van der Waals surface area contributed by atoms with Crippen LogP contribution in [-0.2, 0) is 19.6 Å². The van der Waals surface area contributed by atoms with E-state index < -0.39 is 16.0 Å². The molecular weight excluding hydrogens is 340 g/mol. The van der Waals surface area contributed by atoms with E-state index in [1.165, 1.54) is 26.2 Å². The summed E-state index contributed by atoms with van der Waals surface area (Å²) in [6, 6.07) is 15.4. The molecule has 0 aliphatic carbocycles. The molecule has 0 fully saturated rings. The van der Waals surface area contributed by atoms with Crippen LogP contribution < -0.4 is 0 Å². The molecule has 3 rings (SSSR count). The summed E-state index contributed by atoms with van der Waals surface area (Å²) in [6.07, 6.45) is 1.62. The molecule has 0 saturated heterocycles. The third-order valence-corrected chi connectivity index (χ3v) is 5.39. The van der Waals surface area contributed by atoms with Gasteiger partial charge in [-0.2, -0.15) is 0 Å². The smallest absolute Gasteiger partial charge is 0.363 e. The van der Waals surface area contributed by atoms with Crippen LogP contribution in [0, 0.1) is 0 Å². The van der Waals surface area contributed by atoms with E-state index in [2.05, 4.69) is 4.99 Å². The second-order valence-electron chi connectivity index (χ2n) is 5.56. The molecule has 0 amide bonds. The third-order valence-electron chi connectivity index (χ3n) is 3.58. The number of sulfonamides is 1. The normalized spacial score (nSPS) is 16.2. The van der Waals surface area contributed by atoms with Crippen LogP contribution in [0.1, 0.15) is 11.1 Å². The Hall–Kier alpha value is -2.77.